The highest BCUT2D eigenvalue weighted by atomic mass is 19.1. The summed E-state index contributed by atoms with van der Waals surface area (Å²) in [4.78, 5) is 13.0. The second kappa shape index (κ2) is 11.0. The van der Waals surface area contributed by atoms with Crippen LogP contribution in [-0.2, 0) is 4.79 Å². The molecule has 1 aromatic carbocycles. The molecule has 0 N–H and O–H groups in total. The summed E-state index contributed by atoms with van der Waals surface area (Å²) in [5.41, 5.74) is 0.838. The molecule has 4 rings (SSSR count). The van der Waals surface area contributed by atoms with E-state index in [0.717, 1.165) is 42.6 Å². The van der Waals surface area contributed by atoms with E-state index in [0.29, 0.717) is 11.8 Å². The number of carbonyl (C=O) groups excluding carboxylic acids is 1. The van der Waals surface area contributed by atoms with E-state index in [2.05, 4.69) is 19.1 Å². The molecule has 0 aliphatic heterocycles. The minimum Gasteiger partial charge on any atom is -0.423 e. The Kier molecular flexibility index (Phi) is 8.07. The van der Waals surface area contributed by atoms with Gasteiger partial charge in [0.2, 0.25) is 0 Å². The van der Waals surface area contributed by atoms with Gasteiger partial charge < -0.3 is 4.74 Å². The molecular formula is C29H41FO2. The van der Waals surface area contributed by atoms with Crippen LogP contribution in [0.4, 0.5) is 4.39 Å². The number of hydrogen-bond acceptors (Lipinski definition) is 2. The van der Waals surface area contributed by atoms with E-state index in [1.165, 1.54) is 63.9 Å². The summed E-state index contributed by atoms with van der Waals surface area (Å²) in [5.74, 6) is 3.13. The second-order valence-corrected chi connectivity index (χ2v) is 10.8. The van der Waals surface area contributed by atoms with Crippen LogP contribution in [0.3, 0.4) is 0 Å². The molecule has 0 bridgehead atoms. The summed E-state index contributed by atoms with van der Waals surface area (Å²) in [6.07, 6.45) is 19.7. The molecular weight excluding hydrogens is 399 g/mol. The first kappa shape index (κ1) is 23.5. The Labute approximate surface area is 194 Å². The van der Waals surface area contributed by atoms with Crippen molar-refractivity contribution >= 4 is 5.97 Å². The Hall–Kier alpha value is -1.64. The highest BCUT2D eigenvalue weighted by molar-refractivity contribution is 5.75. The number of fused-ring (bicyclic) bond motifs is 1. The predicted molar refractivity (Wildman–Crippen MR) is 128 cm³/mol. The van der Waals surface area contributed by atoms with Gasteiger partial charge in [0.05, 0.1) is 5.92 Å². The third-order valence-corrected chi connectivity index (χ3v) is 8.82. The van der Waals surface area contributed by atoms with E-state index in [4.69, 9.17) is 4.74 Å². The molecule has 32 heavy (non-hydrogen) atoms. The van der Waals surface area contributed by atoms with Crippen molar-refractivity contribution < 1.29 is 13.9 Å². The van der Waals surface area contributed by atoms with Crippen LogP contribution in [0, 0.1) is 48.2 Å². The Morgan fingerprint density at radius 1 is 1.03 bits per heavy atom. The number of rotatable bonds is 6. The summed E-state index contributed by atoms with van der Waals surface area (Å²) in [5, 5.41) is 0. The van der Waals surface area contributed by atoms with Crippen LogP contribution in [0.1, 0.15) is 89.5 Å². The molecule has 0 heterocycles. The number of hydrogen-bond donors (Lipinski definition) is 0. The number of benzene rings is 1. The fraction of sp³-hybridized carbons (Fsp3) is 0.690. The second-order valence-electron chi connectivity index (χ2n) is 10.8. The van der Waals surface area contributed by atoms with Crippen LogP contribution < -0.4 is 4.74 Å². The molecule has 0 saturated heterocycles. The summed E-state index contributed by atoms with van der Waals surface area (Å²) in [6.45, 7) is 3.96. The molecule has 0 aromatic heterocycles. The number of esters is 1. The zero-order valence-corrected chi connectivity index (χ0v) is 20.0. The van der Waals surface area contributed by atoms with Gasteiger partial charge in [-0.15, -0.1) is 0 Å². The fourth-order valence-corrected chi connectivity index (χ4v) is 7.04. The average molecular weight is 441 g/mol. The fourth-order valence-electron chi connectivity index (χ4n) is 7.04. The van der Waals surface area contributed by atoms with Gasteiger partial charge in [-0.1, -0.05) is 43.9 Å². The van der Waals surface area contributed by atoms with Crippen LogP contribution in [0.15, 0.2) is 30.4 Å². The summed E-state index contributed by atoms with van der Waals surface area (Å²) >= 11 is 0. The summed E-state index contributed by atoms with van der Waals surface area (Å²) in [7, 11) is 0. The van der Waals surface area contributed by atoms with Crippen LogP contribution in [0.5, 0.6) is 5.75 Å². The van der Waals surface area contributed by atoms with E-state index in [1.807, 2.05) is 6.92 Å². The SMILES string of the molecule is C/C=C/CCC1CCC(C2CCC3C(CCCC3C(=O)Oc3ccc(C)cc3F)C2)CC1. The van der Waals surface area contributed by atoms with Crippen LogP contribution in [-0.4, -0.2) is 5.97 Å². The minimum absolute atomic E-state index is 0.0576. The van der Waals surface area contributed by atoms with Crippen LogP contribution in [0.25, 0.3) is 0 Å². The van der Waals surface area contributed by atoms with E-state index >= 15 is 0 Å². The lowest BCUT2D eigenvalue weighted by Crippen LogP contribution is -2.40. The predicted octanol–water partition coefficient (Wildman–Crippen LogP) is 8.03. The molecule has 3 saturated carbocycles. The van der Waals surface area contributed by atoms with E-state index in [9.17, 15) is 9.18 Å². The van der Waals surface area contributed by atoms with E-state index in [-0.39, 0.29) is 17.6 Å². The standard InChI is InChI=1S/C29H41FO2/c1-3-4-5-7-21-11-13-22(14-12-21)23-15-16-25-24(19-23)8-6-9-26(25)29(31)32-28-17-10-20(2)18-27(28)30/h3-4,10,17-18,21-26H,5-9,11-16,19H2,1-2H3/b4-3+. The maximum absolute atomic E-state index is 14.2. The van der Waals surface area contributed by atoms with E-state index < -0.39 is 5.82 Å². The van der Waals surface area contributed by atoms with Gasteiger partial charge >= 0.3 is 5.97 Å². The molecule has 2 nitrogen and oxygen atoms in total. The summed E-state index contributed by atoms with van der Waals surface area (Å²) in [6, 6.07) is 4.83. The quantitative estimate of drug-likeness (QED) is 0.254. The molecule has 0 amide bonds. The van der Waals surface area contributed by atoms with Gasteiger partial charge in [-0.3, -0.25) is 4.79 Å². The zero-order valence-electron chi connectivity index (χ0n) is 20.0. The van der Waals surface area contributed by atoms with Crippen molar-refractivity contribution in [2.75, 3.05) is 0 Å². The molecule has 0 radical (unpaired) electrons. The van der Waals surface area contributed by atoms with Crippen molar-refractivity contribution in [3.63, 3.8) is 0 Å². The molecule has 3 aliphatic carbocycles. The third-order valence-electron chi connectivity index (χ3n) is 8.82. The monoisotopic (exact) mass is 440 g/mol. The number of ether oxygens (including phenoxy) is 1. The molecule has 4 atom stereocenters. The maximum Gasteiger partial charge on any atom is 0.314 e. The lowest BCUT2D eigenvalue weighted by Gasteiger charge is -2.46. The normalized spacial score (nSPS) is 33.1. The van der Waals surface area contributed by atoms with Crippen molar-refractivity contribution in [2.45, 2.75) is 90.9 Å². The summed E-state index contributed by atoms with van der Waals surface area (Å²) < 4.78 is 19.8. The first-order valence-corrected chi connectivity index (χ1v) is 13.1. The minimum atomic E-state index is -0.435. The Morgan fingerprint density at radius 2 is 1.81 bits per heavy atom. The van der Waals surface area contributed by atoms with Crippen LogP contribution >= 0.6 is 0 Å². The molecule has 3 fully saturated rings. The first-order valence-electron chi connectivity index (χ1n) is 13.1. The van der Waals surface area contributed by atoms with Crippen molar-refractivity contribution in [3.05, 3.63) is 41.7 Å². The van der Waals surface area contributed by atoms with Crippen molar-refractivity contribution in [1.82, 2.24) is 0 Å². The Balaban J connectivity index is 1.30. The zero-order chi connectivity index (χ0) is 22.5. The van der Waals surface area contributed by atoms with Gasteiger partial charge in [-0.05, 0) is 112 Å². The molecule has 1 aromatic rings. The van der Waals surface area contributed by atoms with Gasteiger partial charge in [0.25, 0.3) is 0 Å². The van der Waals surface area contributed by atoms with Gasteiger partial charge in [0.15, 0.2) is 11.6 Å². The molecule has 176 valence electrons. The van der Waals surface area contributed by atoms with Gasteiger partial charge in [0, 0.05) is 0 Å². The number of aryl methyl sites for hydroxylation is 1. The van der Waals surface area contributed by atoms with Gasteiger partial charge in [-0.2, -0.15) is 0 Å². The first-order chi connectivity index (χ1) is 15.5. The van der Waals surface area contributed by atoms with Gasteiger partial charge in [0.1, 0.15) is 0 Å². The Bertz CT molecular complexity index is 792. The molecule has 4 unspecified atom stereocenters. The highest BCUT2D eigenvalue weighted by Crippen LogP contribution is 2.50. The van der Waals surface area contributed by atoms with Crippen molar-refractivity contribution in [1.29, 1.82) is 0 Å². The Morgan fingerprint density at radius 3 is 2.56 bits per heavy atom. The molecule has 3 aliphatic rings. The van der Waals surface area contributed by atoms with Crippen molar-refractivity contribution in [2.24, 2.45) is 35.5 Å². The maximum atomic E-state index is 14.2. The molecule has 3 heteroatoms. The average Bonchev–Trinajstić information content (AvgIpc) is 2.80. The smallest absolute Gasteiger partial charge is 0.314 e. The number of halogens is 1. The molecule has 0 spiro atoms. The third kappa shape index (κ3) is 5.64. The van der Waals surface area contributed by atoms with E-state index in [1.54, 1.807) is 12.1 Å². The highest BCUT2D eigenvalue weighted by Gasteiger charge is 2.43. The van der Waals surface area contributed by atoms with Gasteiger partial charge in [-0.25, -0.2) is 4.39 Å². The van der Waals surface area contributed by atoms with Crippen LogP contribution in [0.2, 0.25) is 0 Å². The lowest BCUT2D eigenvalue weighted by atomic mass is 9.59. The number of allylic oxidation sites excluding steroid dienone is 2. The largest absolute Gasteiger partial charge is 0.423 e. The van der Waals surface area contributed by atoms with Crippen molar-refractivity contribution in [3.8, 4) is 5.75 Å². The lowest BCUT2D eigenvalue weighted by molar-refractivity contribution is -0.144. The topological polar surface area (TPSA) is 26.3 Å². The number of carbonyl (C=O) groups is 1.